The molecular weight excluding hydrogens is 464 g/mol. The van der Waals surface area contributed by atoms with E-state index < -0.39 is 5.92 Å². The van der Waals surface area contributed by atoms with E-state index in [-0.39, 0.29) is 11.1 Å². The lowest BCUT2D eigenvalue weighted by atomic mass is 9.85. The number of ether oxygens (including phenoxy) is 1. The Hall–Kier alpha value is -4.78. The van der Waals surface area contributed by atoms with Crippen molar-refractivity contribution in [2.75, 3.05) is 6.61 Å². The maximum absolute atomic E-state index is 13.9. The molecule has 0 unspecified atom stereocenters. The van der Waals surface area contributed by atoms with Gasteiger partial charge in [0.15, 0.2) is 0 Å². The number of hydrogen-bond donors (Lipinski definition) is 2. The molecule has 0 atom stereocenters. The molecule has 2 N–H and O–H groups in total. The second-order valence-electron chi connectivity index (χ2n) is 8.86. The van der Waals surface area contributed by atoms with Crippen LogP contribution in [0.3, 0.4) is 0 Å². The topological polar surface area (TPSA) is 84.8 Å². The molecule has 2 heterocycles. The van der Waals surface area contributed by atoms with Gasteiger partial charge in [-0.25, -0.2) is 9.36 Å². The maximum atomic E-state index is 13.9. The molecule has 2 aromatic heterocycles. The number of benzene rings is 3. The molecule has 0 saturated carbocycles. The van der Waals surface area contributed by atoms with Gasteiger partial charge in [-0.05, 0) is 55.8 Å². The van der Waals surface area contributed by atoms with Gasteiger partial charge < -0.3 is 4.74 Å². The highest BCUT2D eigenvalue weighted by Gasteiger charge is 2.31. The molecule has 0 fully saturated rings. The maximum Gasteiger partial charge on any atom is 0.275 e. The Bertz CT molecular complexity index is 1560. The van der Waals surface area contributed by atoms with Gasteiger partial charge in [0.25, 0.3) is 11.1 Å². The van der Waals surface area contributed by atoms with E-state index in [1.54, 1.807) is 6.08 Å². The highest BCUT2D eigenvalue weighted by molar-refractivity contribution is 5.49. The van der Waals surface area contributed by atoms with Gasteiger partial charge in [0.2, 0.25) is 0 Å². The molecule has 0 amide bonds. The van der Waals surface area contributed by atoms with E-state index in [0.717, 1.165) is 16.9 Å². The summed E-state index contributed by atoms with van der Waals surface area (Å²) in [7, 11) is 0. The summed E-state index contributed by atoms with van der Waals surface area (Å²) in [5, 5.41) is 6.43. The summed E-state index contributed by atoms with van der Waals surface area (Å²) in [6.07, 6.45) is 1.67. The van der Waals surface area contributed by atoms with Crippen molar-refractivity contribution in [1.29, 1.82) is 0 Å². The summed E-state index contributed by atoms with van der Waals surface area (Å²) >= 11 is 0. The van der Waals surface area contributed by atoms with Crippen LogP contribution in [-0.4, -0.2) is 26.2 Å². The molecule has 0 spiro atoms. The van der Waals surface area contributed by atoms with Crippen LogP contribution in [0.2, 0.25) is 0 Å². The van der Waals surface area contributed by atoms with Crippen molar-refractivity contribution in [3.05, 3.63) is 146 Å². The minimum absolute atomic E-state index is 0.211. The predicted octanol–water partition coefficient (Wildman–Crippen LogP) is 5.01. The average molecular weight is 493 g/mol. The number of aromatic nitrogens is 4. The lowest BCUT2D eigenvalue weighted by Crippen LogP contribution is -2.25. The zero-order valence-corrected chi connectivity index (χ0v) is 20.8. The van der Waals surface area contributed by atoms with Crippen LogP contribution in [0.4, 0.5) is 0 Å². The Morgan fingerprint density at radius 2 is 1.30 bits per heavy atom. The highest BCUT2D eigenvalue weighted by Crippen LogP contribution is 2.33. The smallest absolute Gasteiger partial charge is 0.275 e. The Labute approximate surface area is 214 Å². The fourth-order valence-corrected chi connectivity index (χ4v) is 4.73. The lowest BCUT2D eigenvalue weighted by molar-refractivity contribution is 0.363. The number of aryl methyl sites for hydroxylation is 2. The molecule has 3 aromatic carbocycles. The fourth-order valence-electron chi connectivity index (χ4n) is 4.73. The Morgan fingerprint density at radius 1 is 0.784 bits per heavy atom. The van der Waals surface area contributed by atoms with Crippen molar-refractivity contribution in [2.24, 2.45) is 0 Å². The molecule has 0 aliphatic rings. The van der Waals surface area contributed by atoms with E-state index in [4.69, 9.17) is 4.74 Å². The molecule has 0 aliphatic heterocycles. The van der Waals surface area contributed by atoms with Crippen LogP contribution in [0.15, 0.2) is 107 Å². The van der Waals surface area contributed by atoms with E-state index in [9.17, 15) is 9.59 Å². The van der Waals surface area contributed by atoms with Crippen molar-refractivity contribution < 1.29 is 4.74 Å². The highest BCUT2D eigenvalue weighted by atomic mass is 16.5. The first-order chi connectivity index (χ1) is 18.0. The zero-order chi connectivity index (χ0) is 25.9. The number of para-hydroxylation sites is 2. The van der Waals surface area contributed by atoms with Gasteiger partial charge >= 0.3 is 0 Å². The molecule has 5 rings (SSSR count). The zero-order valence-electron chi connectivity index (χ0n) is 20.8. The van der Waals surface area contributed by atoms with Gasteiger partial charge in [-0.15, -0.1) is 0 Å². The van der Waals surface area contributed by atoms with Crippen LogP contribution < -0.4 is 15.9 Å². The predicted molar refractivity (Wildman–Crippen MR) is 145 cm³/mol. The molecule has 186 valence electrons. The normalized spacial score (nSPS) is 11.1. The van der Waals surface area contributed by atoms with E-state index in [2.05, 4.69) is 16.8 Å². The first kappa shape index (κ1) is 23.9. The molecule has 7 heteroatoms. The molecule has 0 aliphatic carbocycles. The molecule has 5 aromatic rings. The molecule has 0 bridgehead atoms. The Balaban J connectivity index is 1.75. The van der Waals surface area contributed by atoms with Crippen LogP contribution in [-0.2, 0) is 0 Å². The van der Waals surface area contributed by atoms with Crippen molar-refractivity contribution in [1.82, 2.24) is 19.6 Å². The first-order valence-electron chi connectivity index (χ1n) is 12.1. The quantitative estimate of drug-likeness (QED) is 0.299. The van der Waals surface area contributed by atoms with E-state index >= 15 is 0 Å². The van der Waals surface area contributed by atoms with E-state index in [0.29, 0.717) is 34.9 Å². The number of nitrogens with one attached hydrogen (secondary N) is 2. The third-order valence-corrected chi connectivity index (χ3v) is 6.40. The minimum Gasteiger partial charge on any atom is -0.490 e. The summed E-state index contributed by atoms with van der Waals surface area (Å²) in [6, 6.07) is 26.3. The van der Waals surface area contributed by atoms with E-state index in [1.807, 2.05) is 98.8 Å². The van der Waals surface area contributed by atoms with Gasteiger partial charge in [-0.3, -0.25) is 19.8 Å². The number of nitrogens with zero attached hydrogens (tertiary/aromatic N) is 2. The van der Waals surface area contributed by atoms with Crippen molar-refractivity contribution >= 4 is 0 Å². The molecule has 7 nitrogen and oxygen atoms in total. The number of H-pyrrole nitrogens is 2. The number of hydrogen-bond acceptors (Lipinski definition) is 3. The fraction of sp³-hybridized carbons (Fsp3) is 0.133. The van der Waals surface area contributed by atoms with Crippen molar-refractivity contribution in [3.63, 3.8) is 0 Å². The lowest BCUT2D eigenvalue weighted by Gasteiger charge is -2.17. The van der Waals surface area contributed by atoms with Gasteiger partial charge in [-0.1, -0.05) is 61.2 Å². The van der Waals surface area contributed by atoms with Gasteiger partial charge in [0, 0.05) is 17.3 Å². The van der Waals surface area contributed by atoms with Crippen LogP contribution >= 0.6 is 0 Å². The van der Waals surface area contributed by atoms with Gasteiger partial charge in [0.1, 0.15) is 12.4 Å². The third-order valence-electron chi connectivity index (χ3n) is 6.40. The van der Waals surface area contributed by atoms with Crippen LogP contribution in [0.1, 0.15) is 34.0 Å². The molecule has 37 heavy (non-hydrogen) atoms. The number of aromatic amines is 2. The number of rotatable bonds is 8. The van der Waals surface area contributed by atoms with Crippen LogP contribution in [0.5, 0.6) is 5.75 Å². The van der Waals surface area contributed by atoms with Crippen molar-refractivity contribution in [2.45, 2.75) is 19.8 Å². The monoisotopic (exact) mass is 492 g/mol. The minimum atomic E-state index is -0.630. The van der Waals surface area contributed by atoms with Crippen LogP contribution in [0.25, 0.3) is 11.4 Å². The Kier molecular flexibility index (Phi) is 6.51. The van der Waals surface area contributed by atoms with E-state index in [1.165, 1.54) is 9.36 Å². The average Bonchev–Trinajstić information content (AvgIpc) is 3.39. The van der Waals surface area contributed by atoms with Crippen molar-refractivity contribution in [3.8, 4) is 17.1 Å². The Morgan fingerprint density at radius 3 is 1.78 bits per heavy atom. The molecule has 0 radical (unpaired) electrons. The van der Waals surface area contributed by atoms with Crippen LogP contribution in [0, 0.1) is 13.8 Å². The van der Waals surface area contributed by atoms with Gasteiger partial charge in [0.05, 0.1) is 22.5 Å². The third kappa shape index (κ3) is 4.47. The summed E-state index contributed by atoms with van der Waals surface area (Å²) in [4.78, 5) is 27.8. The largest absolute Gasteiger partial charge is 0.490 e. The second-order valence-corrected chi connectivity index (χ2v) is 8.86. The summed E-state index contributed by atoms with van der Waals surface area (Å²) in [5.74, 6) is 0.00486. The second kappa shape index (κ2) is 10.1. The molecular formula is C30H28N4O3. The standard InChI is InChI=1S/C30H28N4O3/c1-4-18-37-25-17-11-12-22(19-25)28(26-20(2)31-33(29(26)35)23-13-7-5-8-14-23)27-21(3)32-34(30(27)36)24-15-9-6-10-16-24/h4-17,19,28,31-32H,1,18H2,2-3H3. The summed E-state index contributed by atoms with van der Waals surface area (Å²) in [6.45, 7) is 7.79. The molecule has 0 saturated heterocycles. The summed E-state index contributed by atoms with van der Waals surface area (Å²) < 4.78 is 8.83. The first-order valence-corrected chi connectivity index (χ1v) is 12.1. The SMILES string of the molecule is C=CCOc1cccc(C(c2c(C)[nH]n(-c3ccccc3)c2=O)c2c(C)[nH]n(-c3ccccc3)c2=O)c1. The summed E-state index contributed by atoms with van der Waals surface area (Å²) in [5.41, 5.74) is 4.17. The van der Waals surface area contributed by atoms with Gasteiger partial charge in [-0.2, -0.15) is 0 Å².